The van der Waals surface area contributed by atoms with Crippen molar-refractivity contribution in [2.75, 3.05) is 25.1 Å². The van der Waals surface area contributed by atoms with Gasteiger partial charge in [0.1, 0.15) is 6.04 Å². The highest BCUT2D eigenvalue weighted by Gasteiger charge is 2.30. The highest BCUT2D eigenvalue weighted by molar-refractivity contribution is 7.98. The molecule has 3 amide bonds. The highest BCUT2D eigenvalue weighted by atomic mass is 32.2. The quantitative estimate of drug-likeness (QED) is 0.614. The first-order valence-corrected chi connectivity index (χ1v) is 6.95. The van der Waals surface area contributed by atoms with Gasteiger partial charge in [-0.25, -0.2) is 4.79 Å². The van der Waals surface area contributed by atoms with Gasteiger partial charge in [-0.15, -0.1) is 0 Å². The first-order valence-electron chi connectivity index (χ1n) is 5.56. The smallest absolute Gasteiger partial charge is 0.312 e. The maximum Gasteiger partial charge on any atom is 0.312 e. The molecule has 0 aliphatic carbocycles. The Morgan fingerprint density at radius 3 is 2.82 bits per heavy atom. The number of primary amides is 1. The summed E-state index contributed by atoms with van der Waals surface area (Å²) >= 11 is 1.61. The third-order valence-electron chi connectivity index (χ3n) is 2.70. The molecule has 17 heavy (non-hydrogen) atoms. The van der Waals surface area contributed by atoms with Crippen molar-refractivity contribution in [2.24, 2.45) is 5.73 Å². The van der Waals surface area contributed by atoms with Gasteiger partial charge in [0.05, 0.1) is 6.10 Å². The molecule has 98 valence electrons. The molecular weight excluding hydrogens is 242 g/mol. The summed E-state index contributed by atoms with van der Waals surface area (Å²) in [6.07, 6.45) is 2.63. The molecule has 1 fully saturated rings. The van der Waals surface area contributed by atoms with Crippen LogP contribution in [0.3, 0.4) is 0 Å². The molecule has 7 heteroatoms. The summed E-state index contributed by atoms with van der Waals surface area (Å²) in [7, 11) is 0. The lowest BCUT2D eigenvalue weighted by Gasteiger charge is -2.23. The molecule has 2 atom stereocenters. The molecule has 1 aliphatic heterocycles. The normalized spacial score (nSPS) is 21.3. The van der Waals surface area contributed by atoms with Crippen molar-refractivity contribution in [3.05, 3.63) is 0 Å². The molecular formula is C10H19N3O3S. The van der Waals surface area contributed by atoms with E-state index in [9.17, 15) is 14.7 Å². The number of carbonyl (C=O) groups is 2. The summed E-state index contributed by atoms with van der Waals surface area (Å²) in [4.78, 5) is 24.5. The molecule has 0 bridgehead atoms. The van der Waals surface area contributed by atoms with E-state index in [-0.39, 0.29) is 5.91 Å². The van der Waals surface area contributed by atoms with E-state index in [1.54, 1.807) is 16.7 Å². The standard InChI is InChI=1S/C10H19N3O3S/c1-17-5-3-8(12-10(11)16)9(15)13-4-2-7(14)6-13/h7-8,14H,2-6H2,1H3,(H3,11,12,16)/t7-,8?/m0/s1. The van der Waals surface area contributed by atoms with Crippen LogP contribution < -0.4 is 11.1 Å². The number of aliphatic hydroxyl groups excluding tert-OH is 1. The molecule has 1 saturated heterocycles. The van der Waals surface area contributed by atoms with Crippen molar-refractivity contribution >= 4 is 23.7 Å². The minimum atomic E-state index is -0.691. The average Bonchev–Trinajstić information content (AvgIpc) is 2.69. The highest BCUT2D eigenvalue weighted by Crippen LogP contribution is 2.12. The van der Waals surface area contributed by atoms with Gasteiger partial charge in [-0.3, -0.25) is 4.79 Å². The van der Waals surface area contributed by atoms with Gasteiger partial charge in [-0.2, -0.15) is 11.8 Å². The predicted octanol–water partition coefficient (Wildman–Crippen LogP) is -0.630. The maximum atomic E-state index is 12.1. The van der Waals surface area contributed by atoms with Gasteiger partial charge in [0.2, 0.25) is 5.91 Å². The molecule has 1 aliphatic rings. The van der Waals surface area contributed by atoms with Crippen molar-refractivity contribution in [2.45, 2.75) is 25.0 Å². The number of nitrogens with one attached hydrogen (secondary N) is 1. The van der Waals surface area contributed by atoms with Crippen LogP contribution in [-0.4, -0.2) is 59.2 Å². The SMILES string of the molecule is CSCCC(NC(N)=O)C(=O)N1CC[C@H](O)C1. The second-order valence-electron chi connectivity index (χ2n) is 4.07. The Labute approximate surface area is 105 Å². The second-order valence-corrected chi connectivity index (χ2v) is 5.05. The lowest BCUT2D eigenvalue weighted by molar-refractivity contribution is -0.132. The van der Waals surface area contributed by atoms with Crippen molar-refractivity contribution in [1.82, 2.24) is 10.2 Å². The lowest BCUT2D eigenvalue weighted by atomic mass is 10.2. The van der Waals surface area contributed by atoms with E-state index in [1.807, 2.05) is 6.26 Å². The third-order valence-corrected chi connectivity index (χ3v) is 3.34. The zero-order valence-corrected chi connectivity index (χ0v) is 10.7. The fourth-order valence-corrected chi connectivity index (χ4v) is 2.30. The maximum absolute atomic E-state index is 12.1. The number of urea groups is 1. The Morgan fingerprint density at radius 2 is 2.35 bits per heavy atom. The number of β-amino-alcohol motifs (C(OH)–C–C–N with tert-alkyl or cyclic N) is 1. The summed E-state index contributed by atoms with van der Waals surface area (Å²) in [6, 6.07) is -1.27. The third kappa shape index (κ3) is 4.43. The predicted molar refractivity (Wildman–Crippen MR) is 66.7 cm³/mol. The van der Waals surface area contributed by atoms with Crippen LogP contribution in [0.25, 0.3) is 0 Å². The number of carbonyl (C=O) groups excluding carboxylic acids is 2. The average molecular weight is 261 g/mol. The summed E-state index contributed by atoms with van der Waals surface area (Å²) in [5.74, 6) is 0.613. The van der Waals surface area contributed by atoms with E-state index in [0.29, 0.717) is 25.9 Å². The lowest BCUT2D eigenvalue weighted by Crippen LogP contribution is -2.50. The fraction of sp³-hybridized carbons (Fsp3) is 0.800. The van der Waals surface area contributed by atoms with Crippen LogP contribution in [0.15, 0.2) is 0 Å². The van der Waals surface area contributed by atoms with Crippen LogP contribution in [-0.2, 0) is 4.79 Å². The molecule has 6 nitrogen and oxygen atoms in total. The molecule has 4 N–H and O–H groups in total. The van der Waals surface area contributed by atoms with E-state index < -0.39 is 18.2 Å². The monoisotopic (exact) mass is 261 g/mol. The Balaban J connectivity index is 2.55. The van der Waals surface area contributed by atoms with Crippen molar-refractivity contribution in [3.8, 4) is 0 Å². The molecule has 0 aromatic rings. The second kappa shape index (κ2) is 6.70. The summed E-state index contributed by atoms with van der Waals surface area (Å²) in [6.45, 7) is 0.880. The van der Waals surface area contributed by atoms with Crippen molar-refractivity contribution < 1.29 is 14.7 Å². The van der Waals surface area contributed by atoms with Crippen LogP contribution in [0.2, 0.25) is 0 Å². The van der Waals surface area contributed by atoms with Crippen LogP contribution >= 0.6 is 11.8 Å². The number of thioether (sulfide) groups is 1. The first-order chi connectivity index (χ1) is 8.04. The van der Waals surface area contributed by atoms with E-state index in [0.717, 1.165) is 5.75 Å². The van der Waals surface area contributed by atoms with Crippen molar-refractivity contribution in [3.63, 3.8) is 0 Å². The first kappa shape index (κ1) is 14.1. The zero-order chi connectivity index (χ0) is 12.8. The minimum Gasteiger partial charge on any atom is -0.391 e. The molecule has 0 aromatic carbocycles. The van der Waals surface area contributed by atoms with Crippen LogP contribution in [0, 0.1) is 0 Å². The molecule has 1 heterocycles. The molecule has 1 unspecified atom stereocenters. The van der Waals surface area contributed by atoms with E-state index >= 15 is 0 Å². The summed E-state index contributed by atoms with van der Waals surface area (Å²) in [5.41, 5.74) is 5.05. The van der Waals surface area contributed by atoms with Crippen molar-refractivity contribution in [1.29, 1.82) is 0 Å². The van der Waals surface area contributed by atoms with Crippen LogP contribution in [0.5, 0.6) is 0 Å². The number of hydrogen-bond donors (Lipinski definition) is 3. The summed E-state index contributed by atoms with van der Waals surface area (Å²) in [5, 5.41) is 11.8. The number of nitrogens with zero attached hydrogens (tertiary/aromatic N) is 1. The van der Waals surface area contributed by atoms with Gasteiger partial charge < -0.3 is 21.1 Å². The number of amides is 3. The number of nitrogens with two attached hydrogens (primary N) is 1. The van der Waals surface area contributed by atoms with Crippen LogP contribution in [0.4, 0.5) is 4.79 Å². The molecule has 0 aromatic heterocycles. The van der Waals surface area contributed by atoms with Gasteiger partial charge in [0, 0.05) is 13.1 Å². The molecule has 1 rings (SSSR count). The largest absolute Gasteiger partial charge is 0.391 e. The van der Waals surface area contributed by atoms with E-state index in [4.69, 9.17) is 5.73 Å². The Morgan fingerprint density at radius 1 is 1.65 bits per heavy atom. The Hall–Kier alpha value is -0.950. The van der Waals surface area contributed by atoms with Gasteiger partial charge in [0.15, 0.2) is 0 Å². The summed E-state index contributed by atoms with van der Waals surface area (Å²) < 4.78 is 0. The molecule has 0 saturated carbocycles. The fourth-order valence-electron chi connectivity index (χ4n) is 1.83. The topological polar surface area (TPSA) is 95.7 Å². The number of aliphatic hydroxyl groups is 1. The molecule has 0 spiro atoms. The number of rotatable bonds is 5. The van der Waals surface area contributed by atoms with E-state index in [2.05, 4.69) is 5.32 Å². The van der Waals surface area contributed by atoms with E-state index in [1.165, 1.54) is 0 Å². The Kier molecular flexibility index (Phi) is 5.57. The van der Waals surface area contributed by atoms with Gasteiger partial charge in [0.25, 0.3) is 0 Å². The molecule has 0 radical (unpaired) electrons. The minimum absolute atomic E-state index is 0.158. The number of hydrogen-bond acceptors (Lipinski definition) is 4. The van der Waals surface area contributed by atoms with Crippen LogP contribution in [0.1, 0.15) is 12.8 Å². The zero-order valence-electron chi connectivity index (χ0n) is 9.89. The Bertz CT molecular complexity index is 288. The number of likely N-dealkylation sites (tertiary alicyclic amines) is 1. The van der Waals surface area contributed by atoms with Gasteiger partial charge in [-0.1, -0.05) is 0 Å². The van der Waals surface area contributed by atoms with Gasteiger partial charge >= 0.3 is 6.03 Å². The van der Waals surface area contributed by atoms with Gasteiger partial charge in [-0.05, 0) is 24.9 Å².